The average molecular weight is 162 g/mol. The number of hydrogen-bond acceptors (Lipinski definition) is 3. The summed E-state index contributed by atoms with van der Waals surface area (Å²) in [5.41, 5.74) is 0. The molecule has 0 atom stereocenters. The first kappa shape index (κ1) is 7.31. The highest BCUT2D eigenvalue weighted by atomic mass is 32.2. The van der Waals surface area contributed by atoms with Crippen molar-refractivity contribution in [2.75, 3.05) is 13.1 Å². The van der Waals surface area contributed by atoms with Gasteiger partial charge >= 0.3 is 16.5 Å². The molecule has 0 aromatic heterocycles. The number of thiocarbonyl (C=S) groups is 1. The molecule has 0 amide bonds. The van der Waals surface area contributed by atoms with Gasteiger partial charge in [0.05, 0.1) is 0 Å². The molecule has 1 rings (SSSR count). The minimum atomic E-state index is 0.840. The van der Waals surface area contributed by atoms with Gasteiger partial charge in [0.1, 0.15) is 0 Å². The molecule has 2 nitrogen and oxygen atoms in total. The molecule has 1 heterocycles. The van der Waals surface area contributed by atoms with Gasteiger partial charge < -0.3 is 4.90 Å². The highest BCUT2D eigenvalue weighted by Crippen LogP contribution is 2.10. The lowest BCUT2D eigenvalue weighted by Gasteiger charge is -2.06. The molecule has 0 aromatic rings. The van der Waals surface area contributed by atoms with Gasteiger partial charge in [-0.05, 0) is 12.8 Å². The summed E-state index contributed by atoms with van der Waals surface area (Å²) in [7, 11) is 0. The van der Waals surface area contributed by atoms with E-state index in [0.717, 1.165) is 17.4 Å². The van der Waals surface area contributed by atoms with E-state index in [1.807, 2.05) is 0 Å². The van der Waals surface area contributed by atoms with Crippen LogP contribution in [0.1, 0.15) is 12.8 Å². The Balaban J connectivity index is 2.32. The van der Waals surface area contributed by atoms with E-state index >= 15 is 0 Å². The molecule has 1 fully saturated rings. The molecule has 0 aliphatic carbocycles. The van der Waals surface area contributed by atoms with Gasteiger partial charge in [-0.15, -0.1) is 0 Å². The fourth-order valence-electron chi connectivity index (χ4n) is 0.974. The fraction of sp³-hybridized carbons (Fsp3) is 0.800. The number of hydrogen-bond donors (Lipinski definition) is 1. The summed E-state index contributed by atoms with van der Waals surface area (Å²) in [5, 5.41) is 5.29. The van der Waals surface area contributed by atoms with Crippen molar-refractivity contribution >= 4 is 28.5 Å². The second-order valence-corrected chi connectivity index (χ2v) is 3.35. The molecule has 1 aliphatic heterocycles. The van der Waals surface area contributed by atoms with Crippen molar-refractivity contribution in [2.24, 2.45) is 5.14 Å². The summed E-state index contributed by atoms with van der Waals surface area (Å²) in [6.07, 6.45) is 2.53. The van der Waals surface area contributed by atoms with Crippen molar-refractivity contribution in [3.05, 3.63) is 0 Å². The van der Waals surface area contributed by atoms with Gasteiger partial charge in [-0.1, -0.05) is 0 Å². The van der Waals surface area contributed by atoms with Crippen molar-refractivity contribution in [1.82, 2.24) is 4.90 Å². The van der Waals surface area contributed by atoms with Crippen molar-refractivity contribution < 1.29 is 0 Å². The highest BCUT2D eigenvalue weighted by molar-refractivity contribution is 8.18. The smallest absolute Gasteiger partial charge is 0.313 e. The Kier molecular flexibility index (Phi) is 2.75. The molecule has 51 valence electrons. The Morgan fingerprint density at radius 1 is 1.44 bits per heavy atom. The molecular formula is C5H10N2S2+. The van der Waals surface area contributed by atoms with Gasteiger partial charge in [-0.25, -0.2) is 0 Å². The molecule has 0 spiro atoms. The van der Waals surface area contributed by atoms with E-state index < -0.39 is 0 Å². The predicted octanol–water partition coefficient (Wildman–Crippen LogP) is 0.323. The minimum Gasteiger partial charge on any atom is -0.313 e. The van der Waals surface area contributed by atoms with Crippen molar-refractivity contribution in [3.8, 4) is 0 Å². The van der Waals surface area contributed by atoms with Crippen LogP contribution in [0.2, 0.25) is 0 Å². The number of likely N-dealkylation sites (tertiary alicyclic amines) is 1. The average Bonchev–Trinajstić information content (AvgIpc) is 2.37. The van der Waals surface area contributed by atoms with Crippen LogP contribution in [0.4, 0.5) is 0 Å². The second-order valence-electron chi connectivity index (χ2n) is 2.08. The van der Waals surface area contributed by atoms with Crippen LogP contribution in [-0.2, 0) is 12.2 Å². The summed E-state index contributed by atoms with van der Waals surface area (Å²) < 4.78 is 0.840. The first-order valence-electron chi connectivity index (χ1n) is 3.00. The first-order chi connectivity index (χ1) is 4.34. The topological polar surface area (TPSA) is 29.3 Å². The molecule has 0 saturated carbocycles. The van der Waals surface area contributed by atoms with Crippen molar-refractivity contribution in [1.29, 1.82) is 0 Å². The minimum absolute atomic E-state index is 0.840. The predicted molar refractivity (Wildman–Crippen MR) is 45.0 cm³/mol. The molecule has 1 saturated heterocycles. The summed E-state index contributed by atoms with van der Waals surface area (Å²) >= 11 is 6.16. The van der Waals surface area contributed by atoms with Crippen LogP contribution in [0, 0.1) is 0 Å². The maximum atomic E-state index is 5.29. The van der Waals surface area contributed by atoms with Gasteiger partial charge in [-0.3, -0.25) is 5.14 Å². The number of rotatable bonds is 0. The highest BCUT2D eigenvalue weighted by Gasteiger charge is 2.22. The van der Waals surface area contributed by atoms with Crippen molar-refractivity contribution in [2.45, 2.75) is 12.8 Å². The molecular weight excluding hydrogens is 152 g/mol. The first-order valence-corrected chi connectivity index (χ1v) is 4.29. The second kappa shape index (κ2) is 3.39. The molecule has 1 aliphatic rings. The van der Waals surface area contributed by atoms with Gasteiger partial charge in [0.2, 0.25) is 0 Å². The van der Waals surface area contributed by atoms with Crippen LogP contribution in [-0.4, -0.2) is 22.3 Å². The normalized spacial score (nSPS) is 18.6. The third-order valence-corrected chi connectivity index (χ3v) is 2.47. The van der Waals surface area contributed by atoms with E-state index in [2.05, 4.69) is 4.90 Å². The molecule has 4 heteroatoms. The van der Waals surface area contributed by atoms with Crippen LogP contribution in [0.25, 0.3) is 0 Å². The zero-order chi connectivity index (χ0) is 6.69. The molecule has 1 radical (unpaired) electrons. The van der Waals surface area contributed by atoms with E-state index in [1.165, 1.54) is 24.8 Å². The standard InChI is InChI=1S/C5H10N2S2/c6-9-5(8)7-3-1-2-4-7/h1-4,6H2/q+1. The maximum Gasteiger partial charge on any atom is 0.565 e. The quantitative estimate of drug-likeness (QED) is 0.316. The zero-order valence-electron chi connectivity index (χ0n) is 5.17. The van der Waals surface area contributed by atoms with Gasteiger partial charge in [0.25, 0.3) is 0 Å². The Hall–Kier alpha value is 0.200. The summed E-state index contributed by atoms with van der Waals surface area (Å²) in [5.74, 6) is 0. The Bertz CT molecular complexity index is 110. The van der Waals surface area contributed by atoms with E-state index in [-0.39, 0.29) is 0 Å². The Labute approximate surface area is 64.9 Å². The van der Waals surface area contributed by atoms with E-state index in [1.54, 1.807) is 0 Å². The zero-order valence-corrected chi connectivity index (χ0v) is 6.80. The lowest BCUT2D eigenvalue weighted by Crippen LogP contribution is -2.25. The fourth-order valence-corrected chi connectivity index (χ4v) is 1.49. The monoisotopic (exact) mass is 162 g/mol. The van der Waals surface area contributed by atoms with Gasteiger partial charge in [0, 0.05) is 25.0 Å². The molecule has 0 unspecified atom stereocenters. The third kappa shape index (κ3) is 1.81. The third-order valence-electron chi connectivity index (χ3n) is 1.47. The van der Waals surface area contributed by atoms with Crippen LogP contribution >= 0.6 is 11.9 Å². The van der Waals surface area contributed by atoms with E-state index in [4.69, 9.17) is 17.4 Å². The molecule has 9 heavy (non-hydrogen) atoms. The van der Waals surface area contributed by atoms with Crippen LogP contribution in [0.5, 0.6) is 0 Å². The summed E-state index contributed by atoms with van der Waals surface area (Å²) in [6, 6.07) is 0. The van der Waals surface area contributed by atoms with Crippen LogP contribution < -0.4 is 5.14 Å². The Morgan fingerprint density at radius 2 is 2.00 bits per heavy atom. The van der Waals surface area contributed by atoms with Gasteiger partial charge in [-0.2, -0.15) is 0 Å². The van der Waals surface area contributed by atoms with Crippen LogP contribution in [0.15, 0.2) is 0 Å². The Morgan fingerprint density at radius 3 is 2.44 bits per heavy atom. The van der Waals surface area contributed by atoms with Crippen LogP contribution in [0.3, 0.4) is 0 Å². The lowest BCUT2D eigenvalue weighted by molar-refractivity contribution is 0.539. The summed E-state index contributed by atoms with van der Waals surface area (Å²) in [6.45, 7) is 2.20. The van der Waals surface area contributed by atoms with E-state index in [9.17, 15) is 0 Å². The molecule has 0 bridgehead atoms. The lowest BCUT2D eigenvalue weighted by atomic mass is 10.4. The number of nitrogens with zero attached hydrogens (tertiary/aromatic N) is 1. The van der Waals surface area contributed by atoms with E-state index in [0.29, 0.717) is 0 Å². The summed E-state index contributed by atoms with van der Waals surface area (Å²) in [4.78, 5) is 2.15. The molecule has 2 N–H and O–H groups in total. The number of nitrogens with two attached hydrogens (primary N) is 1. The maximum absolute atomic E-state index is 5.29. The molecule has 0 aromatic carbocycles. The van der Waals surface area contributed by atoms with Crippen molar-refractivity contribution in [3.63, 3.8) is 0 Å². The SMILES string of the molecule is NSC(=[S+])N1CCCC1. The largest absolute Gasteiger partial charge is 0.565 e. The van der Waals surface area contributed by atoms with Gasteiger partial charge in [0.15, 0.2) is 0 Å².